The van der Waals surface area contributed by atoms with E-state index in [4.69, 9.17) is 24.3 Å². The van der Waals surface area contributed by atoms with E-state index in [-0.39, 0.29) is 29.6 Å². The van der Waals surface area contributed by atoms with E-state index in [1.807, 2.05) is 25.1 Å². The van der Waals surface area contributed by atoms with Gasteiger partial charge in [-0.25, -0.2) is 13.4 Å². The van der Waals surface area contributed by atoms with Crippen molar-refractivity contribution in [3.05, 3.63) is 90.0 Å². The summed E-state index contributed by atoms with van der Waals surface area (Å²) in [5.41, 5.74) is -0.342. The van der Waals surface area contributed by atoms with Gasteiger partial charge in [0.1, 0.15) is 11.5 Å². The number of methoxy groups -OCH3 is 1. The second-order valence-corrected chi connectivity index (χ2v) is 13.0. The maximum Gasteiger partial charge on any atom is 0.252 e. The summed E-state index contributed by atoms with van der Waals surface area (Å²) in [5.74, 6) is 0.678. The second-order valence-electron chi connectivity index (χ2n) is 10.9. The fourth-order valence-electron chi connectivity index (χ4n) is 4.96. The highest BCUT2D eigenvalue weighted by molar-refractivity contribution is 7.91. The van der Waals surface area contributed by atoms with Crippen molar-refractivity contribution in [2.45, 2.75) is 35.8 Å². The van der Waals surface area contributed by atoms with Crippen LogP contribution in [0, 0.1) is 0 Å². The number of sulfone groups is 1. The Labute approximate surface area is 259 Å². The zero-order valence-corrected chi connectivity index (χ0v) is 26.3. The molecule has 0 spiro atoms. The Morgan fingerprint density at radius 3 is 2.45 bits per heavy atom. The molecular formula is C33H41N3O7S. The van der Waals surface area contributed by atoms with Gasteiger partial charge >= 0.3 is 0 Å². The molecule has 1 aliphatic rings. The molecule has 3 aromatic carbocycles. The molecular weight excluding hydrogens is 582 g/mol. The highest BCUT2D eigenvalue weighted by Crippen LogP contribution is 2.43. The number of nitrogens with zero attached hydrogens (tertiary/aromatic N) is 2. The molecule has 0 aliphatic carbocycles. The summed E-state index contributed by atoms with van der Waals surface area (Å²) < 4.78 is 44.5. The van der Waals surface area contributed by atoms with Crippen molar-refractivity contribution in [2.75, 3.05) is 53.3 Å². The molecule has 0 unspecified atom stereocenters. The minimum Gasteiger partial charge on any atom is -0.497 e. The van der Waals surface area contributed by atoms with E-state index in [9.17, 15) is 13.2 Å². The van der Waals surface area contributed by atoms with Crippen molar-refractivity contribution in [3.63, 3.8) is 0 Å². The summed E-state index contributed by atoms with van der Waals surface area (Å²) >= 11 is 0. The largest absolute Gasteiger partial charge is 0.497 e. The molecule has 1 amide bonds. The van der Waals surface area contributed by atoms with Crippen molar-refractivity contribution in [2.24, 2.45) is 4.99 Å². The predicted molar refractivity (Wildman–Crippen MR) is 169 cm³/mol. The number of ether oxygens (including phenoxy) is 3. The Morgan fingerprint density at radius 2 is 1.77 bits per heavy atom. The second kappa shape index (κ2) is 15.2. The molecule has 0 aromatic heterocycles. The first kappa shape index (κ1) is 33.0. The minimum atomic E-state index is -3.74. The van der Waals surface area contributed by atoms with Gasteiger partial charge in [0.2, 0.25) is 5.90 Å². The van der Waals surface area contributed by atoms with Crippen LogP contribution in [0.2, 0.25) is 0 Å². The summed E-state index contributed by atoms with van der Waals surface area (Å²) in [6.07, 6.45) is 0.179. The Balaban J connectivity index is 1.75. The molecule has 0 radical (unpaired) electrons. The molecule has 11 heteroatoms. The summed E-state index contributed by atoms with van der Waals surface area (Å²) in [5, 5.41) is 12.1. The number of hydrogen-bond donors (Lipinski definition) is 2. The maximum absolute atomic E-state index is 14.2. The number of aliphatic hydroxyl groups excluding tert-OH is 1. The van der Waals surface area contributed by atoms with Crippen molar-refractivity contribution in [1.29, 1.82) is 0 Å². The molecule has 2 N–H and O–H groups in total. The third-order valence-corrected chi connectivity index (χ3v) is 9.08. The van der Waals surface area contributed by atoms with E-state index in [2.05, 4.69) is 5.32 Å². The fraction of sp³-hybridized carbons (Fsp3) is 0.394. The van der Waals surface area contributed by atoms with Crippen LogP contribution in [0.5, 0.6) is 11.5 Å². The number of carbonyl (C=O) groups excluding carboxylic acids is 1. The van der Waals surface area contributed by atoms with E-state index < -0.39 is 27.4 Å². The predicted octanol–water partition coefficient (Wildman–Crippen LogP) is 3.65. The fourth-order valence-corrected chi connectivity index (χ4v) is 6.35. The van der Waals surface area contributed by atoms with Gasteiger partial charge in [0, 0.05) is 31.6 Å². The number of rotatable bonds is 16. The highest BCUT2D eigenvalue weighted by Gasteiger charge is 2.53. The van der Waals surface area contributed by atoms with E-state index in [0.717, 1.165) is 6.54 Å². The molecule has 3 aromatic rings. The third-order valence-electron chi connectivity index (χ3n) is 7.35. The van der Waals surface area contributed by atoms with E-state index in [1.165, 1.54) is 0 Å². The molecule has 1 aliphatic heterocycles. The molecule has 236 valence electrons. The summed E-state index contributed by atoms with van der Waals surface area (Å²) in [6.45, 7) is 1.57. The highest BCUT2D eigenvalue weighted by atomic mass is 32.2. The van der Waals surface area contributed by atoms with Crippen LogP contribution in [-0.4, -0.2) is 89.0 Å². The molecule has 0 fully saturated rings. The van der Waals surface area contributed by atoms with Crippen molar-refractivity contribution in [3.8, 4) is 11.5 Å². The third kappa shape index (κ3) is 8.16. The van der Waals surface area contributed by atoms with Crippen LogP contribution in [0.25, 0.3) is 0 Å². The molecule has 4 rings (SSSR count). The number of aliphatic imine (C=N–C) groups is 1. The zero-order chi connectivity index (χ0) is 31.6. The number of carbonyl (C=O) groups is 1. The number of benzene rings is 3. The first-order valence-electron chi connectivity index (χ1n) is 14.6. The van der Waals surface area contributed by atoms with Crippen molar-refractivity contribution >= 4 is 21.6 Å². The Bertz CT molecular complexity index is 1510. The lowest BCUT2D eigenvalue weighted by atomic mass is 9.85. The zero-order valence-electron chi connectivity index (χ0n) is 25.4. The Hall–Kier alpha value is -3.93. The standard InChI is InChI=1S/C33H41N3O7S/c1-36(2)20-8-19-34-32(38)33(18-23-44(39,40)29-12-5-4-6-13-29)30(26-10-7-11-28(24-26)41-3)43-31(35-33)25-14-16-27(17-15-25)42-22-9-21-37/h4-7,10-17,24,30,37H,8-9,18-23H2,1-3H3,(H,34,38)/t30-,33-/m1/s1. The molecule has 10 nitrogen and oxygen atoms in total. The van der Waals surface area contributed by atoms with Gasteiger partial charge in [0.25, 0.3) is 5.91 Å². The summed E-state index contributed by atoms with van der Waals surface area (Å²) in [7, 11) is 1.73. The number of amides is 1. The number of nitrogens with one attached hydrogen (secondary N) is 1. The lowest BCUT2D eigenvalue weighted by Gasteiger charge is -2.31. The molecule has 44 heavy (non-hydrogen) atoms. The molecule has 0 saturated carbocycles. The first-order valence-corrected chi connectivity index (χ1v) is 16.3. The Morgan fingerprint density at radius 1 is 1.02 bits per heavy atom. The van der Waals surface area contributed by atoms with Gasteiger partial charge in [0.15, 0.2) is 21.5 Å². The molecule has 0 bridgehead atoms. The SMILES string of the molecule is COc1cccc([C@H]2OC(c3ccc(OCCCO)cc3)=N[C@@]2(CCS(=O)(=O)c2ccccc2)C(=O)NCCCN(C)C)c1. The average molecular weight is 624 g/mol. The van der Waals surface area contributed by atoms with Crippen LogP contribution in [0.15, 0.2) is 88.8 Å². The minimum absolute atomic E-state index is 0.0354. The van der Waals surface area contributed by atoms with Crippen LogP contribution in [0.1, 0.15) is 36.5 Å². The first-order chi connectivity index (χ1) is 21.2. The average Bonchev–Trinajstić information content (AvgIpc) is 3.44. The topological polar surface area (TPSA) is 127 Å². The van der Waals surface area contributed by atoms with Crippen LogP contribution in [-0.2, 0) is 19.4 Å². The smallest absolute Gasteiger partial charge is 0.252 e. The number of hydrogen-bond acceptors (Lipinski definition) is 9. The van der Waals surface area contributed by atoms with Gasteiger partial charge in [0.05, 0.1) is 24.4 Å². The van der Waals surface area contributed by atoms with Gasteiger partial charge in [-0.15, -0.1) is 0 Å². The Kier molecular flexibility index (Phi) is 11.4. The quantitative estimate of drug-likeness (QED) is 0.232. The van der Waals surface area contributed by atoms with Gasteiger partial charge in [-0.3, -0.25) is 4.79 Å². The van der Waals surface area contributed by atoms with Crippen molar-refractivity contribution in [1.82, 2.24) is 10.2 Å². The van der Waals surface area contributed by atoms with Gasteiger partial charge in [-0.1, -0.05) is 30.3 Å². The lowest BCUT2D eigenvalue weighted by molar-refractivity contribution is -0.129. The van der Waals surface area contributed by atoms with Gasteiger partial charge in [-0.05, 0) is 81.2 Å². The maximum atomic E-state index is 14.2. The monoisotopic (exact) mass is 623 g/mol. The molecule has 0 saturated heterocycles. The van der Waals surface area contributed by atoms with E-state index in [1.54, 1.807) is 79.9 Å². The van der Waals surface area contributed by atoms with Gasteiger partial charge in [-0.2, -0.15) is 0 Å². The van der Waals surface area contributed by atoms with Crippen LogP contribution >= 0.6 is 0 Å². The normalized spacial score (nSPS) is 18.0. The van der Waals surface area contributed by atoms with E-state index >= 15 is 0 Å². The molecule has 2 atom stereocenters. The summed E-state index contributed by atoms with van der Waals surface area (Å²) in [4.78, 5) is 21.3. The summed E-state index contributed by atoms with van der Waals surface area (Å²) in [6, 6.07) is 22.5. The molecule has 1 heterocycles. The van der Waals surface area contributed by atoms with Crippen LogP contribution in [0.3, 0.4) is 0 Å². The van der Waals surface area contributed by atoms with E-state index in [0.29, 0.717) is 48.6 Å². The lowest BCUT2D eigenvalue weighted by Crippen LogP contribution is -2.49. The number of aliphatic hydroxyl groups is 1. The van der Waals surface area contributed by atoms with Crippen LogP contribution < -0.4 is 14.8 Å². The van der Waals surface area contributed by atoms with Crippen LogP contribution in [0.4, 0.5) is 0 Å². The van der Waals surface area contributed by atoms with Crippen molar-refractivity contribution < 1.29 is 32.5 Å². The van der Waals surface area contributed by atoms with Gasteiger partial charge < -0.3 is 29.5 Å².